The number of hydrogen-bond acceptors (Lipinski definition) is 5. The van der Waals surface area contributed by atoms with Crippen LogP contribution in [0.1, 0.15) is 20.7 Å². The molecule has 0 aliphatic carbocycles. The first kappa shape index (κ1) is 20.2. The molecule has 8 heteroatoms. The molecule has 0 fully saturated rings. The number of esters is 1. The minimum atomic E-state index is -0.918. The van der Waals surface area contributed by atoms with E-state index in [9.17, 15) is 9.59 Å². The number of carboxylic acids is 1. The van der Waals surface area contributed by atoms with E-state index in [0.717, 1.165) is 43.6 Å². The third-order valence-electron chi connectivity index (χ3n) is 5.47. The summed E-state index contributed by atoms with van der Waals surface area (Å²) in [5.74, 6) is -1.25. The molecule has 0 atom stereocenters. The molecular weight excluding hydrogens is 420 g/mol. The van der Waals surface area contributed by atoms with Gasteiger partial charge in [0.25, 0.3) is 0 Å². The van der Waals surface area contributed by atoms with Gasteiger partial charge in [0.05, 0.1) is 41.7 Å². The Balaban J connectivity index is 0.000000139. The van der Waals surface area contributed by atoms with Crippen LogP contribution in [-0.4, -0.2) is 44.1 Å². The minimum Gasteiger partial charge on any atom is -0.478 e. The molecule has 0 unspecified atom stereocenters. The van der Waals surface area contributed by atoms with Crippen molar-refractivity contribution in [2.45, 2.75) is 0 Å². The summed E-state index contributed by atoms with van der Waals surface area (Å²) < 4.78 is 4.69. The molecule has 0 aliphatic heterocycles. The molecule has 4 aromatic heterocycles. The first-order valence-corrected chi connectivity index (χ1v) is 10.1. The second-order valence-corrected chi connectivity index (χ2v) is 7.41. The van der Waals surface area contributed by atoms with E-state index in [1.807, 2.05) is 24.3 Å². The highest BCUT2D eigenvalue weighted by molar-refractivity contribution is 6.09. The van der Waals surface area contributed by atoms with Gasteiger partial charge in [0, 0.05) is 45.0 Å². The topological polar surface area (TPSA) is 121 Å². The molecule has 0 amide bonds. The quantitative estimate of drug-likeness (QED) is 0.330. The molecule has 0 aliphatic rings. The number of aromatic carboxylic acids is 1. The molecule has 0 radical (unpaired) electrons. The van der Waals surface area contributed by atoms with Gasteiger partial charge in [-0.15, -0.1) is 0 Å². The molecular formula is C25H18N4O4. The summed E-state index contributed by atoms with van der Waals surface area (Å²) in [4.78, 5) is 36.7. The second-order valence-electron chi connectivity index (χ2n) is 7.41. The number of pyridine rings is 2. The Morgan fingerprint density at radius 1 is 0.727 bits per heavy atom. The van der Waals surface area contributed by atoms with Gasteiger partial charge in [-0.25, -0.2) is 9.59 Å². The molecule has 2 aromatic carbocycles. The summed E-state index contributed by atoms with van der Waals surface area (Å²) in [5.41, 5.74) is 4.44. The Hall–Kier alpha value is -4.72. The van der Waals surface area contributed by atoms with Crippen LogP contribution < -0.4 is 0 Å². The van der Waals surface area contributed by atoms with E-state index < -0.39 is 5.97 Å². The molecule has 33 heavy (non-hydrogen) atoms. The predicted molar refractivity (Wildman–Crippen MR) is 125 cm³/mol. The van der Waals surface area contributed by atoms with E-state index in [4.69, 9.17) is 9.84 Å². The largest absolute Gasteiger partial charge is 0.478 e. The molecule has 8 nitrogen and oxygen atoms in total. The van der Waals surface area contributed by atoms with Crippen LogP contribution in [0.3, 0.4) is 0 Å². The van der Waals surface area contributed by atoms with E-state index in [2.05, 4.69) is 19.9 Å². The first-order chi connectivity index (χ1) is 16.0. The van der Waals surface area contributed by atoms with Crippen molar-refractivity contribution >= 4 is 55.6 Å². The van der Waals surface area contributed by atoms with Crippen LogP contribution in [-0.2, 0) is 4.74 Å². The van der Waals surface area contributed by atoms with Gasteiger partial charge in [0.1, 0.15) is 0 Å². The van der Waals surface area contributed by atoms with E-state index in [-0.39, 0.29) is 11.5 Å². The smallest absolute Gasteiger partial charge is 0.337 e. The van der Waals surface area contributed by atoms with Crippen LogP contribution in [0.25, 0.3) is 43.6 Å². The van der Waals surface area contributed by atoms with Crippen molar-refractivity contribution in [2.75, 3.05) is 7.11 Å². The number of carboxylic acid groups (broad SMARTS) is 1. The number of ether oxygens (including phenoxy) is 1. The number of carbonyl (C=O) groups is 2. The van der Waals surface area contributed by atoms with Crippen LogP contribution in [0.5, 0.6) is 0 Å². The van der Waals surface area contributed by atoms with Crippen LogP contribution in [0.2, 0.25) is 0 Å². The Morgan fingerprint density at radius 2 is 1.21 bits per heavy atom. The van der Waals surface area contributed by atoms with Gasteiger partial charge in [-0.05, 0) is 36.4 Å². The fraction of sp³-hybridized carbons (Fsp3) is 0.0400. The number of hydrogen-bond donors (Lipinski definition) is 3. The van der Waals surface area contributed by atoms with Crippen molar-refractivity contribution in [1.82, 2.24) is 19.9 Å². The van der Waals surface area contributed by atoms with Crippen LogP contribution >= 0.6 is 0 Å². The maximum atomic E-state index is 11.4. The number of carbonyl (C=O) groups excluding carboxylic acids is 1. The normalized spacial score (nSPS) is 10.9. The summed E-state index contributed by atoms with van der Waals surface area (Å²) in [7, 11) is 1.38. The van der Waals surface area contributed by atoms with Gasteiger partial charge in [0.15, 0.2) is 0 Å². The van der Waals surface area contributed by atoms with Crippen LogP contribution in [0.15, 0.2) is 73.3 Å². The molecule has 4 heterocycles. The zero-order valence-corrected chi connectivity index (χ0v) is 17.5. The van der Waals surface area contributed by atoms with Gasteiger partial charge in [0.2, 0.25) is 0 Å². The van der Waals surface area contributed by atoms with Crippen molar-refractivity contribution in [3.05, 3.63) is 84.4 Å². The third-order valence-corrected chi connectivity index (χ3v) is 5.47. The summed E-state index contributed by atoms with van der Waals surface area (Å²) in [6.45, 7) is 0. The molecule has 0 saturated heterocycles. The molecule has 162 valence electrons. The third kappa shape index (κ3) is 3.63. The summed E-state index contributed by atoms with van der Waals surface area (Å²) in [6.07, 6.45) is 6.98. The summed E-state index contributed by atoms with van der Waals surface area (Å²) in [6, 6.07) is 14.4. The maximum Gasteiger partial charge on any atom is 0.337 e. The number of methoxy groups -OCH3 is 1. The van der Waals surface area contributed by atoms with Crippen molar-refractivity contribution in [1.29, 1.82) is 0 Å². The van der Waals surface area contributed by atoms with Crippen molar-refractivity contribution < 1.29 is 19.4 Å². The molecule has 0 spiro atoms. The molecule has 0 saturated carbocycles. The number of fused-ring (bicyclic) bond motifs is 6. The number of benzene rings is 2. The summed E-state index contributed by atoms with van der Waals surface area (Å²) in [5, 5.41) is 13.1. The Morgan fingerprint density at radius 3 is 1.73 bits per heavy atom. The van der Waals surface area contributed by atoms with Gasteiger partial charge < -0.3 is 19.8 Å². The van der Waals surface area contributed by atoms with E-state index in [1.54, 1.807) is 49.1 Å². The second kappa shape index (κ2) is 8.08. The summed E-state index contributed by atoms with van der Waals surface area (Å²) >= 11 is 0. The lowest BCUT2D eigenvalue weighted by molar-refractivity contribution is 0.0600. The average molecular weight is 438 g/mol. The first-order valence-electron chi connectivity index (χ1n) is 10.1. The highest BCUT2D eigenvalue weighted by atomic mass is 16.5. The standard InChI is InChI=1S/C13H10N2O2.C12H8N2O2/c1-17-13(16)8-2-3-9-10-4-5-14-7-12(10)15-11(9)6-8;15-12(16)7-1-2-8-9-3-4-13-6-11(9)14-10(8)5-7/h2-7,15H,1H3;1-6,14H,(H,15,16). The van der Waals surface area contributed by atoms with Gasteiger partial charge in [-0.3, -0.25) is 9.97 Å². The lowest BCUT2D eigenvalue weighted by Gasteiger charge is -1.98. The number of nitrogens with one attached hydrogen (secondary N) is 2. The van der Waals surface area contributed by atoms with Crippen molar-refractivity contribution in [2.24, 2.45) is 0 Å². The number of nitrogens with zero attached hydrogens (tertiary/aromatic N) is 2. The number of H-pyrrole nitrogens is 2. The average Bonchev–Trinajstić information content (AvgIpc) is 3.41. The van der Waals surface area contributed by atoms with Gasteiger partial charge >= 0.3 is 11.9 Å². The zero-order chi connectivity index (χ0) is 22.9. The minimum absolute atomic E-state index is 0.284. The Labute approximate surface area is 186 Å². The highest BCUT2D eigenvalue weighted by Gasteiger charge is 2.09. The molecule has 0 bridgehead atoms. The fourth-order valence-electron chi connectivity index (χ4n) is 3.89. The zero-order valence-electron chi connectivity index (χ0n) is 17.5. The number of aromatic amines is 2. The van der Waals surface area contributed by atoms with Crippen LogP contribution in [0, 0.1) is 0 Å². The lowest BCUT2D eigenvalue weighted by atomic mass is 10.1. The van der Waals surface area contributed by atoms with E-state index >= 15 is 0 Å². The fourth-order valence-corrected chi connectivity index (χ4v) is 3.89. The van der Waals surface area contributed by atoms with E-state index in [0.29, 0.717) is 5.56 Å². The SMILES string of the molecule is COC(=O)c1ccc2c(c1)[nH]c1cnccc12.O=C(O)c1ccc2c(c1)[nH]c1cnccc12. The van der Waals surface area contributed by atoms with Crippen LogP contribution in [0.4, 0.5) is 0 Å². The lowest BCUT2D eigenvalue weighted by Crippen LogP contribution is -2.00. The monoisotopic (exact) mass is 438 g/mol. The van der Waals surface area contributed by atoms with Gasteiger partial charge in [-0.2, -0.15) is 0 Å². The Bertz CT molecular complexity index is 1670. The predicted octanol–water partition coefficient (Wildman–Crippen LogP) is 4.92. The molecule has 6 aromatic rings. The highest BCUT2D eigenvalue weighted by Crippen LogP contribution is 2.26. The van der Waals surface area contributed by atoms with Gasteiger partial charge in [-0.1, -0.05) is 12.1 Å². The van der Waals surface area contributed by atoms with Crippen molar-refractivity contribution in [3.8, 4) is 0 Å². The number of aromatic nitrogens is 4. The molecule has 6 rings (SSSR count). The maximum absolute atomic E-state index is 11.4. The van der Waals surface area contributed by atoms with E-state index in [1.165, 1.54) is 7.11 Å². The molecule has 3 N–H and O–H groups in total. The Kier molecular flexibility index (Phi) is 4.95. The number of rotatable bonds is 2. The van der Waals surface area contributed by atoms with Crippen molar-refractivity contribution in [3.63, 3.8) is 0 Å².